The summed E-state index contributed by atoms with van der Waals surface area (Å²) in [6, 6.07) is 22.0. The number of benzene rings is 3. The number of carboxylic acids is 1. The molecule has 0 unspecified atom stereocenters. The molecule has 7 heteroatoms. The molecule has 0 atom stereocenters. The summed E-state index contributed by atoms with van der Waals surface area (Å²) in [7, 11) is -3.66. The van der Waals surface area contributed by atoms with Crippen molar-refractivity contribution in [2.24, 2.45) is 0 Å². The molecule has 0 saturated carbocycles. The molecule has 0 fully saturated rings. The number of carbonyl (C=O) groups is 2. The number of aliphatic carboxylic acids is 1. The zero-order valence-electron chi connectivity index (χ0n) is 15.1. The van der Waals surface area contributed by atoms with Gasteiger partial charge in [-0.3, -0.25) is 4.79 Å². The van der Waals surface area contributed by atoms with Gasteiger partial charge in [0.1, 0.15) is 5.70 Å². The molecular weight excluding hydrogens is 390 g/mol. The lowest BCUT2D eigenvalue weighted by molar-refractivity contribution is -0.132. The molecule has 0 radical (unpaired) electrons. The van der Waals surface area contributed by atoms with Crippen LogP contribution >= 0.6 is 0 Å². The van der Waals surface area contributed by atoms with Crippen LogP contribution in [0.4, 0.5) is 0 Å². The van der Waals surface area contributed by atoms with E-state index in [1.165, 1.54) is 42.5 Å². The van der Waals surface area contributed by atoms with Crippen molar-refractivity contribution in [3.63, 3.8) is 0 Å². The Bertz CT molecular complexity index is 1150. The van der Waals surface area contributed by atoms with Gasteiger partial charge in [-0.25, -0.2) is 13.2 Å². The summed E-state index contributed by atoms with van der Waals surface area (Å²) in [5.74, 6) is -1.86. The third-order valence-corrected chi connectivity index (χ3v) is 5.86. The predicted octanol–water partition coefficient (Wildman–Crippen LogP) is 3.37. The Hall–Kier alpha value is -3.71. The Morgan fingerprint density at radius 1 is 0.759 bits per heavy atom. The molecule has 0 bridgehead atoms. The van der Waals surface area contributed by atoms with E-state index in [0.29, 0.717) is 11.1 Å². The maximum atomic E-state index is 12.6. The number of amides is 1. The van der Waals surface area contributed by atoms with Gasteiger partial charge in [0, 0.05) is 5.56 Å². The SMILES string of the molecule is O=C(O)/C(=C/c1ccc(S(=O)(=O)c2ccccc2)cc1)NC(=O)c1ccccc1. The molecule has 0 aliphatic heterocycles. The standard InChI is InChI=1S/C22H17NO5S/c24-21(17-7-3-1-4-8-17)23-20(22(25)26)15-16-11-13-19(14-12-16)29(27,28)18-9-5-2-6-10-18/h1-15H,(H,23,24)(H,25,26)/b20-15-. The lowest BCUT2D eigenvalue weighted by atomic mass is 10.1. The van der Waals surface area contributed by atoms with Crippen LogP contribution in [0.25, 0.3) is 6.08 Å². The Morgan fingerprint density at radius 3 is 1.83 bits per heavy atom. The predicted molar refractivity (Wildman–Crippen MR) is 108 cm³/mol. The highest BCUT2D eigenvalue weighted by molar-refractivity contribution is 7.91. The fourth-order valence-electron chi connectivity index (χ4n) is 2.58. The normalized spacial score (nSPS) is 11.7. The van der Waals surface area contributed by atoms with Crippen LogP contribution in [-0.2, 0) is 14.6 Å². The summed E-state index contributed by atoms with van der Waals surface area (Å²) in [4.78, 5) is 24.0. The Labute approximate surface area is 168 Å². The van der Waals surface area contributed by atoms with Crippen molar-refractivity contribution in [3.8, 4) is 0 Å². The van der Waals surface area contributed by atoms with E-state index in [1.807, 2.05) is 0 Å². The van der Waals surface area contributed by atoms with E-state index in [1.54, 1.807) is 48.5 Å². The number of hydrogen-bond donors (Lipinski definition) is 2. The summed E-state index contributed by atoms with van der Waals surface area (Å²) in [5.41, 5.74) is 0.434. The average molecular weight is 407 g/mol. The van der Waals surface area contributed by atoms with Gasteiger partial charge in [0.15, 0.2) is 0 Å². The fourth-order valence-corrected chi connectivity index (χ4v) is 3.86. The van der Waals surface area contributed by atoms with Gasteiger partial charge in [0.25, 0.3) is 5.91 Å². The molecule has 3 aromatic carbocycles. The van der Waals surface area contributed by atoms with E-state index in [0.717, 1.165) is 0 Å². The molecule has 0 aliphatic carbocycles. The fraction of sp³-hybridized carbons (Fsp3) is 0. The zero-order valence-corrected chi connectivity index (χ0v) is 16.0. The van der Waals surface area contributed by atoms with Crippen molar-refractivity contribution in [2.45, 2.75) is 9.79 Å². The third-order valence-electron chi connectivity index (χ3n) is 4.07. The van der Waals surface area contributed by atoms with E-state index in [9.17, 15) is 23.1 Å². The van der Waals surface area contributed by atoms with Crippen LogP contribution in [0, 0.1) is 0 Å². The summed E-state index contributed by atoms with van der Waals surface area (Å²) >= 11 is 0. The third kappa shape index (κ3) is 4.77. The average Bonchev–Trinajstić information content (AvgIpc) is 2.74. The first-order chi connectivity index (χ1) is 13.9. The first kappa shape index (κ1) is 20.0. The molecule has 0 saturated heterocycles. The van der Waals surface area contributed by atoms with E-state index in [4.69, 9.17) is 0 Å². The smallest absolute Gasteiger partial charge is 0.352 e. The number of sulfone groups is 1. The van der Waals surface area contributed by atoms with Crippen molar-refractivity contribution in [1.82, 2.24) is 5.32 Å². The summed E-state index contributed by atoms with van der Waals surface area (Å²) in [6.45, 7) is 0. The minimum atomic E-state index is -3.66. The maximum Gasteiger partial charge on any atom is 0.352 e. The monoisotopic (exact) mass is 407 g/mol. The van der Waals surface area contributed by atoms with Gasteiger partial charge in [0.2, 0.25) is 9.84 Å². The molecule has 3 aromatic rings. The molecule has 0 spiro atoms. The summed E-state index contributed by atoms with van der Waals surface area (Å²) in [6.07, 6.45) is 1.27. The van der Waals surface area contributed by atoms with Gasteiger partial charge in [-0.05, 0) is 48.0 Å². The highest BCUT2D eigenvalue weighted by Crippen LogP contribution is 2.21. The Kier molecular flexibility index (Phi) is 5.90. The van der Waals surface area contributed by atoms with E-state index >= 15 is 0 Å². The number of nitrogens with one attached hydrogen (secondary N) is 1. The first-order valence-electron chi connectivity index (χ1n) is 8.59. The highest BCUT2D eigenvalue weighted by Gasteiger charge is 2.17. The molecule has 2 N–H and O–H groups in total. The Morgan fingerprint density at radius 2 is 1.28 bits per heavy atom. The number of carboxylic acid groups (broad SMARTS) is 1. The lowest BCUT2D eigenvalue weighted by Gasteiger charge is -2.07. The zero-order chi connectivity index (χ0) is 20.9. The van der Waals surface area contributed by atoms with Gasteiger partial charge in [0.05, 0.1) is 9.79 Å². The molecule has 0 heterocycles. The van der Waals surface area contributed by atoms with Crippen molar-refractivity contribution >= 4 is 27.8 Å². The number of rotatable bonds is 6. The number of hydrogen-bond acceptors (Lipinski definition) is 4. The second-order valence-corrected chi connectivity index (χ2v) is 8.02. The van der Waals surface area contributed by atoms with E-state index in [-0.39, 0.29) is 15.5 Å². The van der Waals surface area contributed by atoms with Gasteiger partial charge in [-0.1, -0.05) is 48.5 Å². The largest absolute Gasteiger partial charge is 0.477 e. The van der Waals surface area contributed by atoms with Crippen LogP contribution in [0.2, 0.25) is 0 Å². The lowest BCUT2D eigenvalue weighted by Crippen LogP contribution is -2.27. The topological polar surface area (TPSA) is 101 Å². The molecule has 29 heavy (non-hydrogen) atoms. The van der Waals surface area contributed by atoms with Crippen molar-refractivity contribution in [1.29, 1.82) is 0 Å². The minimum absolute atomic E-state index is 0.0889. The van der Waals surface area contributed by atoms with Crippen LogP contribution in [0.5, 0.6) is 0 Å². The van der Waals surface area contributed by atoms with Crippen LogP contribution in [0.1, 0.15) is 15.9 Å². The summed E-state index contributed by atoms with van der Waals surface area (Å²) in [5, 5.41) is 11.7. The van der Waals surface area contributed by atoms with Crippen LogP contribution in [-0.4, -0.2) is 25.4 Å². The number of carbonyl (C=O) groups excluding carboxylic acids is 1. The second-order valence-electron chi connectivity index (χ2n) is 6.07. The van der Waals surface area contributed by atoms with Gasteiger partial charge in [-0.2, -0.15) is 0 Å². The van der Waals surface area contributed by atoms with E-state index in [2.05, 4.69) is 5.32 Å². The molecule has 3 rings (SSSR count). The van der Waals surface area contributed by atoms with Crippen molar-refractivity contribution in [2.75, 3.05) is 0 Å². The van der Waals surface area contributed by atoms with Gasteiger partial charge >= 0.3 is 5.97 Å². The molecule has 6 nitrogen and oxygen atoms in total. The first-order valence-corrected chi connectivity index (χ1v) is 10.1. The van der Waals surface area contributed by atoms with Crippen molar-refractivity contribution < 1.29 is 23.1 Å². The van der Waals surface area contributed by atoms with Crippen molar-refractivity contribution in [3.05, 3.63) is 102 Å². The second kappa shape index (κ2) is 8.53. The van der Waals surface area contributed by atoms with Crippen LogP contribution < -0.4 is 5.32 Å². The van der Waals surface area contributed by atoms with Crippen LogP contribution in [0.3, 0.4) is 0 Å². The van der Waals surface area contributed by atoms with Gasteiger partial charge < -0.3 is 10.4 Å². The quantitative estimate of drug-likeness (QED) is 0.610. The Balaban J connectivity index is 1.85. The maximum absolute atomic E-state index is 12.6. The molecular formula is C22H17NO5S. The van der Waals surface area contributed by atoms with E-state index < -0.39 is 21.7 Å². The molecule has 1 amide bonds. The van der Waals surface area contributed by atoms with Crippen LogP contribution in [0.15, 0.2) is 100 Å². The minimum Gasteiger partial charge on any atom is -0.477 e. The van der Waals surface area contributed by atoms with Gasteiger partial charge in [-0.15, -0.1) is 0 Å². The molecule has 0 aliphatic rings. The molecule has 146 valence electrons. The highest BCUT2D eigenvalue weighted by atomic mass is 32.2. The molecule has 0 aromatic heterocycles. The summed E-state index contributed by atoms with van der Waals surface area (Å²) < 4.78 is 25.2.